The summed E-state index contributed by atoms with van der Waals surface area (Å²) in [5, 5.41) is 10.4. The standard InChI is InChI=1S/C21H28O5S/c1-2-3-4-5-6-7-9-12-17-15-16-19(21(20(17)22)27(23,24)25)26-18-13-10-8-11-14-18/h8,10-11,13-16,22H,2-7,9,12H2,1H3,(H,23,24,25). The minimum atomic E-state index is -4.63. The topological polar surface area (TPSA) is 83.8 Å². The van der Waals surface area contributed by atoms with E-state index in [9.17, 15) is 18.1 Å². The Kier molecular flexibility index (Phi) is 8.13. The van der Waals surface area contributed by atoms with Gasteiger partial charge in [-0.15, -0.1) is 0 Å². The van der Waals surface area contributed by atoms with Crippen LogP contribution in [0.15, 0.2) is 47.4 Å². The predicted octanol–water partition coefficient (Wildman–Crippen LogP) is 5.72. The second kappa shape index (κ2) is 10.3. The van der Waals surface area contributed by atoms with E-state index in [2.05, 4.69) is 6.92 Å². The van der Waals surface area contributed by atoms with E-state index < -0.39 is 20.8 Å². The number of phenolic OH excluding ortho intramolecular Hbond substituents is 1. The van der Waals surface area contributed by atoms with Gasteiger partial charge < -0.3 is 9.84 Å². The molecule has 0 aliphatic heterocycles. The van der Waals surface area contributed by atoms with E-state index in [1.165, 1.54) is 31.7 Å². The molecule has 0 amide bonds. The molecule has 6 heteroatoms. The number of unbranched alkanes of at least 4 members (excludes halogenated alkanes) is 6. The first-order valence-electron chi connectivity index (χ1n) is 9.48. The molecule has 0 aliphatic carbocycles. The van der Waals surface area contributed by atoms with Crippen LogP contribution in [0, 0.1) is 0 Å². The van der Waals surface area contributed by atoms with Crippen molar-refractivity contribution in [2.24, 2.45) is 0 Å². The van der Waals surface area contributed by atoms with E-state index in [0.717, 1.165) is 19.3 Å². The van der Waals surface area contributed by atoms with Crippen LogP contribution in [-0.4, -0.2) is 18.1 Å². The average Bonchev–Trinajstić information content (AvgIpc) is 2.62. The molecule has 0 fully saturated rings. The summed E-state index contributed by atoms with van der Waals surface area (Å²) in [5.41, 5.74) is 0.497. The van der Waals surface area contributed by atoms with Gasteiger partial charge in [-0.2, -0.15) is 8.42 Å². The Morgan fingerprint density at radius 1 is 0.889 bits per heavy atom. The van der Waals surface area contributed by atoms with Crippen LogP contribution in [0.5, 0.6) is 17.2 Å². The lowest BCUT2D eigenvalue weighted by Crippen LogP contribution is -2.04. The summed E-state index contributed by atoms with van der Waals surface area (Å²) in [6, 6.07) is 11.8. The van der Waals surface area contributed by atoms with E-state index in [1.54, 1.807) is 36.4 Å². The average molecular weight is 393 g/mol. The van der Waals surface area contributed by atoms with Crippen LogP contribution >= 0.6 is 0 Å². The summed E-state index contributed by atoms with van der Waals surface area (Å²) in [7, 11) is -4.63. The molecule has 0 spiro atoms. The van der Waals surface area contributed by atoms with Crippen molar-refractivity contribution in [3.05, 3.63) is 48.0 Å². The van der Waals surface area contributed by atoms with E-state index in [-0.39, 0.29) is 5.75 Å². The maximum atomic E-state index is 11.8. The molecule has 2 rings (SSSR count). The normalized spacial score (nSPS) is 11.5. The summed E-state index contributed by atoms with van der Waals surface area (Å²) in [5.74, 6) is -0.108. The van der Waals surface area contributed by atoms with E-state index in [0.29, 0.717) is 17.7 Å². The first-order chi connectivity index (χ1) is 12.9. The molecule has 0 bridgehead atoms. The fourth-order valence-electron chi connectivity index (χ4n) is 3.01. The number of aromatic hydroxyl groups is 1. The van der Waals surface area contributed by atoms with Crippen molar-refractivity contribution in [3.63, 3.8) is 0 Å². The van der Waals surface area contributed by atoms with Crippen molar-refractivity contribution >= 4 is 10.1 Å². The monoisotopic (exact) mass is 392 g/mol. The second-order valence-corrected chi connectivity index (χ2v) is 8.02. The molecule has 27 heavy (non-hydrogen) atoms. The molecule has 2 N–H and O–H groups in total. The van der Waals surface area contributed by atoms with Crippen LogP contribution in [0.3, 0.4) is 0 Å². The van der Waals surface area contributed by atoms with Crippen molar-refractivity contribution in [2.75, 3.05) is 0 Å². The molecule has 0 saturated heterocycles. The number of hydrogen-bond acceptors (Lipinski definition) is 4. The molecule has 0 unspecified atom stereocenters. The van der Waals surface area contributed by atoms with Crippen LogP contribution < -0.4 is 4.74 Å². The van der Waals surface area contributed by atoms with Crippen molar-refractivity contribution in [1.82, 2.24) is 0 Å². The van der Waals surface area contributed by atoms with Gasteiger partial charge in [0.25, 0.3) is 0 Å². The highest BCUT2D eigenvalue weighted by Crippen LogP contribution is 2.38. The number of phenols is 1. The molecule has 2 aromatic rings. The molecule has 5 nitrogen and oxygen atoms in total. The van der Waals surface area contributed by atoms with Crippen molar-refractivity contribution in [1.29, 1.82) is 0 Å². The lowest BCUT2D eigenvalue weighted by molar-refractivity contribution is 0.410. The van der Waals surface area contributed by atoms with Crippen molar-refractivity contribution < 1.29 is 22.8 Å². The Morgan fingerprint density at radius 2 is 1.52 bits per heavy atom. The van der Waals surface area contributed by atoms with Gasteiger partial charge in [0.15, 0.2) is 10.6 Å². The van der Waals surface area contributed by atoms with Gasteiger partial charge in [0.2, 0.25) is 0 Å². The van der Waals surface area contributed by atoms with Crippen LogP contribution in [0.2, 0.25) is 0 Å². The first kappa shape index (κ1) is 21.3. The summed E-state index contributed by atoms with van der Waals surface area (Å²) in [4.78, 5) is -0.577. The molecular formula is C21H28O5S. The quantitative estimate of drug-likeness (QED) is 0.377. The number of rotatable bonds is 11. The van der Waals surface area contributed by atoms with Gasteiger partial charge in [0, 0.05) is 0 Å². The minimum Gasteiger partial charge on any atom is -0.506 e. The highest BCUT2D eigenvalue weighted by molar-refractivity contribution is 7.86. The van der Waals surface area contributed by atoms with Gasteiger partial charge in [0.05, 0.1) is 0 Å². The molecule has 0 aromatic heterocycles. The Balaban J connectivity index is 2.10. The molecule has 0 aliphatic rings. The zero-order valence-corrected chi connectivity index (χ0v) is 16.5. The Morgan fingerprint density at radius 3 is 2.15 bits per heavy atom. The summed E-state index contributed by atoms with van der Waals surface area (Å²) in [6.45, 7) is 2.18. The molecule has 148 valence electrons. The first-order valence-corrected chi connectivity index (χ1v) is 10.9. The maximum absolute atomic E-state index is 11.8. The van der Waals surface area contributed by atoms with Crippen LogP contribution in [-0.2, 0) is 16.5 Å². The van der Waals surface area contributed by atoms with Gasteiger partial charge in [-0.1, -0.05) is 69.7 Å². The van der Waals surface area contributed by atoms with Gasteiger partial charge in [-0.25, -0.2) is 0 Å². The van der Waals surface area contributed by atoms with Crippen molar-refractivity contribution in [2.45, 2.75) is 63.2 Å². The SMILES string of the molecule is CCCCCCCCCc1ccc(Oc2ccccc2)c(S(=O)(=O)O)c1O. The van der Waals surface area contributed by atoms with E-state index in [1.807, 2.05) is 0 Å². The Bertz CT molecular complexity index is 816. The number of hydrogen-bond donors (Lipinski definition) is 2. The molecule has 0 atom stereocenters. The smallest absolute Gasteiger partial charge is 0.301 e. The fraction of sp³-hybridized carbons (Fsp3) is 0.429. The number of ether oxygens (including phenoxy) is 1. The van der Waals surface area contributed by atoms with Gasteiger partial charge in [-0.3, -0.25) is 4.55 Å². The van der Waals surface area contributed by atoms with E-state index in [4.69, 9.17) is 4.74 Å². The zero-order valence-electron chi connectivity index (χ0n) is 15.7. The lowest BCUT2D eigenvalue weighted by atomic mass is 10.0. The highest BCUT2D eigenvalue weighted by atomic mass is 32.2. The van der Waals surface area contributed by atoms with Crippen LogP contribution in [0.4, 0.5) is 0 Å². The fourth-order valence-corrected chi connectivity index (χ4v) is 3.75. The predicted molar refractivity (Wildman–Crippen MR) is 106 cm³/mol. The highest BCUT2D eigenvalue weighted by Gasteiger charge is 2.24. The van der Waals surface area contributed by atoms with Gasteiger partial charge in [0.1, 0.15) is 11.5 Å². The third-order valence-corrected chi connectivity index (χ3v) is 5.37. The van der Waals surface area contributed by atoms with Crippen LogP contribution in [0.1, 0.15) is 57.4 Å². The summed E-state index contributed by atoms with van der Waals surface area (Å²) in [6.07, 6.45) is 8.44. The largest absolute Gasteiger partial charge is 0.506 e. The molecule has 0 saturated carbocycles. The Labute approximate surface area is 161 Å². The summed E-state index contributed by atoms with van der Waals surface area (Å²) < 4.78 is 38.7. The van der Waals surface area contributed by atoms with Gasteiger partial charge >= 0.3 is 10.1 Å². The third-order valence-electron chi connectivity index (χ3n) is 4.46. The molecule has 0 radical (unpaired) electrons. The van der Waals surface area contributed by atoms with E-state index >= 15 is 0 Å². The maximum Gasteiger partial charge on any atom is 0.301 e. The zero-order chi connectivity index (χ0) is 19.7. The van der Waals surface area contributed by atoms with Gasteiger partial charge in [-0.05, 0) is 36.6 Å². The lowest BCUT2D eigenvalue weighted by Gasteiger charge is -2.14. The number of para-hydroxylation sites is 1. The molecule has 2 aromatic carbocycles. The molecule has 0 heterocycles. The van der Waals surface area contributed by atoms with Crippen LogP contribution in [0.25, 0.3) is 0 Å². The number of benzene rings is 2. The number of aryl methyl sites for hydroxylation is 1. The Hall–Kier alpha value is -2.05. The molecular weight excluding hydrogens is 364 g/mol. The second-order valence-electron chi connectivity index (χ2n) is 6.66. The third kappa shape index (κ3) is 6.56. The van der Waals surface area contributed by atoms with Crippen molar-refractivity contribution in [3.8, 4) is 17.2 Å². The summed E-state index contributed by atoms with van der Waals surface area (Å²) >= 11 is 0. The minimum absolute atomic E-state index is 0.0930.